The molecule has 0 aromatic rings. The van der Waals surface area contributed by atoms with Crippen LogP contribution >= 0.6 is 0 Å². The first-order chi connectivity index (χ1) is 7.62. The monoisotopic (exact) mass is 229 g/mol. The number of ether oxygens (including phenoxy) is 2. The van der Waals surface area contributed by atoms with Crippen LogP contribution in [0, 0.1) is 0 Å². The number of rotatable bonds is 7. The minimum atomic E-state index is -0.272. The maximum absolute atomic E-state index is 6.02. The lowest BCUT2D eigenvalue weighted by molar-refractivity contribution is -0.172. The molecule has 1 atom stereocenters. The average Bonchev–Trinajstić information content (AvgIpc) is 2.69. The van der Waals surface area contributed by atoms with Gasteiger partial charge in [-0.3, -0.25) is 0 Å². The van der Waals surface area contributed by atoms with Crippen molar-refractivity contribution in [1.82, 2.24) is 4.90 Å². The summed E-state index contributed by atoms with van der Waals surface area (Å²) >= 11 is 0. The van der Waals surface area contributed by atoms with E-state index in [-0.39, 0.29) is 5.79 Å². The van der Waals surface area contributed by atoms with Gasteiger partial charge in [0.15, 0.2) is 5.79 Å². The second-order valence-corrected chi connectivity index (χ2v) is 4.97. The van der Waals surface area contributed by atoms with Crippen LogP contribution in [0.3, 0.4) is 0 Å². The summed E-state index contributed by atoms with van der Waals surface area (Å²) in [5.74, 6) is -0.272. The summed E-state index contributed by atoms with van der Waals surface area (Å²) in [7, 11) is 4.24. The first kappa shape index (κ1) is 13.9. The third-order valence-electron chi connectivity index (χ3n) is 3.37. The summed E-state index contributed by atoms with van der Waals surface area (Å²) in [5, 5.41) is 0. The van der Waals surface area contributed by atoms with E-state index in [1.54, 1.807) is 0 Å². The van der Waals surface area contributed by atoms with Crippen molar-refractivity contribution in [3.05, 3.63) is 0 Å². The molecular formula is C13H27NO2. The van der Waals surface area contributed by atoms with Crippen molar-refractivity contribution in [3.8, 4) is 0 Å². The molecule has 1 heterocycles. The van der Waals surface area contributed by atoms with Gasteiger partial charge >= 0.3 is 0 Å². The normalized spacial score (nSPS) is 24.2. The second-order valence-electron chi connectivity index (χ2n) is 4.97. The summed E-state index contributed by atoms with van der Waals surface area (Å²) in [4.78, 5) is 2.23. The summed E-state index contributed by atoms with van der Waals surface area (Å²) in [6.07, 6.45) is 5.85. The van der Waals surface area contributed by atoms with Gasteiger partial charge in [0.2, 0.25) is 0 Å². The summed E-state index contributed by atoms with van der Waals surface area (Å²) in [6.45, 7) is 6.22. The number of hydrogen-bond acceptors (Lipinski definition) is 3. The molecule has 0 bridgehead atoms. The van der Waals surface area contributed by atoms with Crippen molar-refractivity contribution >= 4 is 0 Å². The fourth-order valence-corrected chi connectivity index (χ4v) is 2.18. The van der Waals surface area contributed by atoms with E-state index >= 15 is 0 Å². The van der Waals surface area contributed by atoms with E-state index in [2.05, 4.69) is 32.8 Å². The van der Waals surface area contributed by atoms with Gasteiger partial charge in [0.1, 0.15) is 0 Å². The first-order valence-electron chi connectivity index (χ1n) is 6.58. The van der Waals surface area contributed by atoms with Gasteiger partial charge in [0.05, 0.1) is 12.7 Å². The summed E-state index contributed by atoms with van der Waals surface area (Å²) in [6, 6.07) is 0. The molecule has 0 aliphatic carbocycles. The minimum absolute atomic E-state index is 0.272. The lowest BCUT2D eigenvalue weighted by Gasteiger charge is -2.25. The molecule has 0 saturated carbocycles. The molecule has 0 N–H and O–H groups in total. The molecule has 1 unspecified atom stereocenters. The molecule has 0 aromatic carbocycles. The molecule has 96 valence electrons. The number of hydrogen-bond donors (Lipinski definition) is 0. The molecule has 16 heavy (non-hydrogen) atoms. The first-order valence-corrected chi connectivity index (χ1v) is 6.58. The van der Waals surface area contributed by atoms with Gasteiger partial charge in [-0.15, -0.1) is 0 Å². The minimum Gasteiger partial charge on any atom is -0.347 e. The van der Waals surface area contributed by atoms with Crippen LogP contribution in [0.15, 0.2) is 0 Å². The van der Waals surface area contributed by atoms with Gasteiger partial charge in [-0.05, 0) is 52.7 Å². The largest absolute Gasteiger partial charge is 0.347 e. The highest BCUT2D eigenvalue weighted by atomic mass is 16.7. The number of unbranched alkanes of at least 4 members (excludes halogenated alkanes) is 1. The topological polar surface area (TPSA) is 21.7 Å². The molecule has 3 nitrogen and oxygen atoms in total. The summed E-state index contributed by atoms with van der Waals surface area (Å²) < 4.78 is 11.8. The molecule has 1 rings (SSSR count). The Morgan fingerprint density at radius 3 is 2.38 bits per heavy atom. The van der Waals surface area contributed by atoms with E-state index in [4.69, 9.17) is 9.47 Å². The zero-order valence-corrected chi connectivity index (χ0v) is 11.3. The van der Waals surface area contributed by atoms with Crippen LogP contribution in [0.25, 0.3) is 0 Å². The van der Waals surface area contributed by atoms with Crippen LogP contribution in [0.4, 0.5) is 0 Å². The van der Waals surface area contributed by atoms with Crippen LogP contribution in [0.2, 0.25) is 0 Å². The van der Waals surface area contributed by atoms with Gasteiger partial charge in [-0.2, -0.15) is 0 Å². The highest BCUT2D eigenvalue weighted by molar-refractivity contribution is 4.76. The van der Waals surface area contributed by atoms with Crippen molar-refractivity contribution in [1.29, 1.82) is 0 Å². The van der Waals surface area contributed by atoms with Crippen molar-refractivity contribution in [2.75, 3.05) is 27.2 Å². The molecule has 0 radical (unpaired) electrons. The van der Waals surface area contributed by atoms with E-state index < -0.39 is 0 Å². The third kappa shape index (κ3) is 4.04. The Kier molecular flexibility index (Phi) is 5.73. The Bertz CT molecular complexity index is 190. The van der Waals surface area contributed by atoms with Gasteiger partial charge < -0.3 is 14.4 Å². The van der Waals surface area contributed by atoms with Gasteiger partial charge in [-0.25, -0.2) is 0 Å². The summed E-state index contributed by atoms with van der Waals surface area (Å²) in [5.41, 5.74) is 0. The van der Waals surface area contributed by atoms with Crippen molar-refractivity contribution in [2.45, 2.75) is 57.8 Å². The molecule has 3 heteroatoms. The average molecular weight is 229 g/mol. The van der Waals surface area contributed by atoms with Gasteiger partial charge in [0.25, 0.3) is 0 Å². The Labute approximate surface area is 100 Å². The lowest BCUT2D eigenvalue weighted by Crippen LogP contribution is -2.28. The second kappa shape index (κ2) is 6.58. The van der Waals surface area contributed by atoms with E-state index in [1.165, 1.54) is 19.4 Å². The van der Waals surface area contributed by atoms with Crippen LogP contribution in [0.1, 0.15) is 46.0 Å². The Morgan fingerprint density at radius 1 is 1.19 bits per heavy atom. The third-order valence-corrected chi connectivity index (χ3v) is 3.37. The fraction of sp³-hybridized carbons (Fsp3) is 1.00. The highest BCUT2D eigenvalue weighted by Crippen LogP contribution is 2.31. The standard InChI is InChI=1S/C13H27NO2/c1-5-13(6-2)15-11-12(16-13)9-7-8-10-14(3)4/h12H,5-11H2,1-4H3. The predicted octanol–water partition coefficient (Wildman–Crippen LogP) is 2.65. The van der Waals surface area contributed by atoms with E-state index in [9.17, 15) is 0 Å². The Hall–Kier alpha value is -0.120. The molecule has 1 fully saturated rings. The van der Waals surface area contributed by atoms with Crippen molar-refractivity contribution in [2.24, 2.45) is 0 Å². The van der Waals surface area contributed by atoms with Crippen LogP contribution < -0.4 is 0 Å². The zero-order valence-electron chi connectivity index (χ0n) is 11.3. The Morgan fingerprint density at radius 2 is 1.88 bits per heavy atom. The van der Waals surface area contributed by atoms with Crippen LogP contribution in [-0.4, -0.2) is 44.0 Å². The van der Waals surface area contributed by atoms with Gasteiger partial charge in [-0.1, -0.05) is 13.8 Å². The highest BCUT2D eigenvalue weighted by Gasteiger charge is 2.37. The van der Waals surface area contributed by atoms with Crippen LogP contribution in [0.5, 0.6) is 0 Å². The Balaban J connectivity index is 2.16. The van der Waals surface area contributed by atoms with E-state index in [0.717, 1.165) is 25.9 Å². The molecule has 0 amide bonds. The fourth-order valence-electron chi connectivity index (χ4n) is 2.18. The van der Waals surface area contributed by atoms with Crippen LogP contribution in [-0.2, 0) is 9.47 Å². The van der Waals surface area contributed by atoms with Crippen molar-refractivity contribution < 1.29 is 9.47 Å². The zero-order chi connectivity index (χ0) is 12.0. The maximum Gasteiger partial charge on any atom is 0.168 e. The van der Waals surface area contributed by atoms with Crippen molar-refractivity contribution in [3.63, 3.8) is 0 Å². The molecule has 1 aliphatic rings. The molecule has 0 spiro atoms. The smallest absolute Gasteiger partial charge is 0.168 e. The molecule has 0 aromatic heterocycles. The number of nitrogens with zero attached hydrogens (tertiary/aromatic N) is 1. The van der Waals surface area contributed by atoms with E-state index in [1.807, 2.05) is 0 Å². The predicted molar refractivity (Wildman–Crippen MR) is 66.5 cm³/mol. The van der Waals surface area contributed by atoms with E-state index in [0.29, 0.717) is 6.10 Å². The molecule has 1 saturated heterocycles. The van der Waals surface area contributed by atoms with Gasteiger partial charge in [0, 0.05) is 0 Å². The lowest BCUT2D eigenvalue weighted by atomic mass is 10.1. The maximum atomic E-state index is 6.02. The molecular weight excluding hydrogens is 202 g/mol. The SMILES string of the molecule is CCC1(CC)OCC(CCCCN(C)C)O1. The molecule has 1 aliphatic heterocycles. The quantitative estimate of drug-likeness (QED) is 0.626.